The van der Waals surface area contributed by atoms with E-state index in [2.05, 4.69) is 37.0 Å². The van der Waals surface area contributed by atoms with Crippen LogP contribution in [0.5, 0.6) is 0 Å². The van der Waals surface area contributed by atoms with Crippen molar-refractivity contribution < 1.29 is 4.92 Å². The Morgan fingerprint density at radius 1 is 1.18 bits per heavy atom. The lowest BCUT2D eigenvalue weighted by Crippen LogP contribution is -1.86. The van der Waals surface area contributed by atoms with Gasteiger partial charge in [0.1, 0.15) is 11.1 Å². The summed E-state index contributed by atoms with van der Waals surface area (Å²) in [6.45, 7) is 4.13. The van der Waals surface area contributed by atoms with E-state index in [0.717, 1.165) is 16.8 Å². The van der Waals surface area contributed by atoms with E-state index in [1.165, 1.54) is 34.6 Å². The minimum absolute atomic E-state index is 0.0482. The summed E-state index contributed by atoms with van der Waals surface area (Å²) in [6.07, 6.45) is 5.24. The fraction of sp³-hybridized carbons (Fsp3) is 0.0909. The maximum absolute atomic E-state index is 10.7. The minimum atomic E-state index is -0.434. The molecule has 0 amide bonds. The lowest BCUT2D eigenvalue weighted by Gasteiger charge is -2.02. The Kier molecular flexibility index (Phi) is 5.78. The molecular formula is C22H17N3O2S. The second-order valence-corrected chi connectivity index (χ2v) is 7.09. The molecule has 0 aliphatic heterocycles. The molecule has 0 fully saturated rings. The molecule has 138 valence electrons. The number of aromatic nitrogens is 1. The summed E-state index contributed by atoms with van der Waals surface area (Å²) in [7, 11) is 0. The van der Waals surface area contributed by atoms with E-state index in [1.54, 1.807) is 30.4 Å². The molecular weight excluding hydrogens is 370 g/mol. The van der Waals surface area contributed by atoms with Gasteiger partial charge in [0, 0.05) is 23.1 Å². The topological polar surface area (TPSA) is 79.8 Å². The molecule has 28 heavy (non-hydrogen) atoms. The molecule has 3 aromatic rings. The summed E-state index contributed by atoms with van der Waals surface area (Å²) in [5, 5.41) is 22.8. The Hall–Kier alpha value is -3.56. The molecule has 0 unspecified atom stereocenters. The largest absolute Gasteiger partial charge is 0.269 e. The van der Waals surface area contributed by atoms with Crippen LogP contribution in [0.2, 0.25) is 0 Å². The van der Waals surface area contributed by atoms with Crippen LogP contribution in [0.15, 0.2) is 60.0 Å². The van der Waals surface area contributed by atoms with E-state index in [-0.39, 0.29) is 5.69 Å². The third kappa shape index (κ3) is 4.40. The number of hydrogen-bond acceptors (Lipinski definition) is 5. The highest BCUT2D eigenvalue weighted by Crippen LogP contribution is 2.27. The standard InChI is InChI=1S/C22H17N3O2S/c1-15-6-9-18(12-16(15)2)21-14-28-22(24-21)19(13-23)5-3-4-17-7-10-20(11-8-17)25(26)27/h3-12,14H,1-2H3/b4-3+,19-5-. The molecule has 1 aromatic heterocycles. The van der Waals surface area contributed by atoms with Crippen LogP contribution in [0, 0.1) is 35.3 Å². The first kappa shape index (κ1) is 19.2. The Labute approximate surface area is 167 Å². The fourth-order valence-corrected chi connectivity index (χ4v) is 3.35. The van der Waals surface area contributed by atoms with Gasteiger partial charge in [0.15, 0.2) is 0 Å². The number of benzene rings is 2. The second kappa shape index (κ2) is 8.42. The average molecular weight is 387 g/mol. The lowest BCUT2D eigenvalue weighted by molar-refractivity contribution is -0.384. The number of nitro groups is 1. The molecule has 0 radical (unpaired) electrons. The van der Waals surface area contributed by atoms with Gasteiger partial charge < -0.3 is 0 Å². The van der Waals surface area contributed by atoms with Crippen molar-refractivity contribution >= 4 is 28.7 Å². The van der Waals surface area contributed by atoms with Crippen molar-refractivity contribution in [2.45, 2.75) is 13.8 Å². The molecule has 1 heterocycles. The van der Waals surface area contributed by atoms with Crippen molar-refractivity contribution in [3.05, 3.63) is 91.8 Å². The zero-order valence-electron chi connectivity index (χ0n) is 15.4. The monoisotopic (exact) mass is 387 g/mol. The number of aryl methyl sites for hydroxylation is 2. The number of nitrogens with zero attached hydrogens (tertiary/aromatic N) is 3. The normalized spacial score (nSPS) is 11.5. The van der Waals surface area contributed by atoms with Gasteiger partial charge in [0.25, 0.3) is 5.69 Å². The average Bonchev–Trinajstić information content (AvgIpc) is 3.17. The zero-order valence-corrected chi connectivity index (χ0v) is 16.2. The van der Waals surface area contributed by atoms with Crippen molar-refractivity contribution in [1.29, 1.82) is 5.26 Å². The van der Waals surface area contributed by atoms with Gasteiger partial charge in [0.05, 0.1) is 16.2 Å². The Morgan fingerprint density at radius 3 is 2.57 bits per heavy atom. The highest BCUT2D eigenvalue weighted by Gasteiger charge is 2.09. The number of nitro benzene ring substituents is 1. The number of non-ortho nitro benzene ring substituents is 1. The van der Waals surface area contributed by atoms with Crippen molar-refractivity contribution in [2.24, 2.45) is 0 Å². The van der Waals surface area contributed by atoms with Crippen LogP contribution in [-0.2, 0) is 0 Å². The summed E-state index contributed by atoms with van der Waals surface area (Å²) >= 11 is 1.43. The minimum Gasteiger partial charge on any atom is -0.258 e. The molecule has 0 saturated carbocycles. The van der Waals surface area contributed by atoms with Crippen LogP contribution < -0.4 is 0 Å². The molecule has 0 aliphatic rings. The van der Waals surface area contributed by atoms with E-state index < -0.39 is 4.92 Å². The van der Waals surface area contributed by atoms with Crippen LogP contribution in [0.3, 0.4) is 0 Å². The van der Waals surface area contributed by atoms with Crippen LogP contribution >= 0.6 is 11.3 Å². The summed E-state index contributed by atoms with van der Waals surface area (Å²) in [4.78, 5) is 14.9. The summed E-state index contributed by atoms with van der Waals surface area (Å²) in [6, 6.07) is 14.6. The van der Waals surface area contributed by atoms with Crippen molar-refractivity contribution in [3.63, 3.8) is 0 Å². The third-order valence-electron chi connectivity index (χ3n) is 4.31. The van der Waals surface area contributed by atoms with E-state index in [1.807, 2.05) is 11.4 Å². The predicted molar refractivity (Wildman–Crippen MR) is 113 cm³/mol. The smallest absolute Gasteiger partial charge is 0.258 e. The van der Waals surface area contributed by atoms with Crippen LogP contribution in [0.25, 0.3) is 22.9 Å². The highest BCUT2D eigenvalue weighted by atomic mass is 32.1. The van der Waals surface area contributed by atoms with Crippen LogP contribution in [0.1, 0.15) is 21.7 Å². The first-order valence-electron chi connectivity index (χ1n) is 8.54. The van der Waals surface area contributed by atoms with Gasteiger partial charge in [-0.1, -0.05) is 24.3 Å². The van der Waals surface area contributed by atoms with Gasteiger partial charge in [0.2, 0.25) is 0 Å². The zero-order chi connectivity index (χ0) is 20.1. The first-order chi connectivity index (χ1) is 13.5. The van der Waals surface area contributed by atoms with Gasteiger partial charge in [-0.3, -0.25) is 10.1 Å². The summed E-state index contributed by atoms with van der Waals surface area (Å²) in [5.74, 6) is 0. The molecule has 0 saturated heterocycles. The van der Waals surface area contributed by atoms with Crippen LogP contribution in [0.4, 0.5) is 5.69 Å². The fourth-order valence-electron chi connectivity index (χ4n) is 2.55. The molecule has 0 N–H and O–H groups in total. The molecule has 5 nitrogen and oxygen atoms in total. The van der Waals surface area contributed by atoms with Gasteiger partial charge in [-0.15, -0.1) is 11.3 Å². The van der Waals surface area contributed by atoms with E-state index in [9.17, 15) is 15.4 Å². The van der Waals surface area contributed by atoms with Gasteiger partial charge in [-0.2, -0.15) is 5.26 Å². The van der Waals surface area contributed by atoms with E-state index in [4.69, 9.17) is 0 Å². The molecule has 0 aliphatic carbocycles. The number of nitriles is 1. The van der Waals surface area contributed by atoms with E-state index in [0.29, 0.717) is 10.6 Å². The molecule has 3 rings (SSSR count). The Bertz CT molecular complexity index is 1120. The SMILES string of the molecule is Cc1ccc(-c2csc(/C(C#N)=C\C=C\c3ccc([N+](=O)[O-])cc3)n2)cc1C. The lowest BCUT2D eigenvalue weighted by atomic mass is 10.1. The summed E-state index contributed by atoms with van der Waals surface area (Å²) < 4.78 is 0. The molecule has 0 atom stereocenters. The van der Waals surface area contributed by atoms with Gasteiger partial charge in [-0.05, 0) is 54.8 Å². The van der Waals surface area contributed by atoms with E-state index >= 15 is 0 Å². The highest BCUT2D eigenvalue weighted by molar-refractivity contribution is 7.11. The number of rotatable bonds is 5. The quantitative estimate of drug-likeness (QED) is 0.234. The Morgan fingerprint density at radius 2 is 1.93 bits per heavy atom. The van der Waals surface area contributed by atoms with Gasteiger partial charge >= 0.3 is 0 Å². The van der Waals surface area contributed by atoms with Crippen LogP contribution in [-0.4, -0.2) is 9.91 Å². The maximum Gasteiger partial charge on any atom is 0.269 e. The molecule has 0 spiro atoms. The first-order valence-corrected chi connectivity index (χ1v) is 9.42. The Balaban J connectivity index is 1.79. The third-order valence-corrected chi connectivity index (χ3v) is 5.19. The maximum atomic E-state index is 10.7. The number of thiazole rings is 1. The van der Waals surface area contributed by atoms with Crippen molar-refractivity contribution in [2.75, 3.05) is 0 Å². The van der Waals surface area contributed by atoms with Crippen molar-refractivity contribution in [3.8, 4) is 17.3 Å². The number of hydrogen-bond donors (Lipinski definition) is 0. The molecule has 2 aromatic carbocycles. The van der Waals surface area contributed by atoms with Gasteiger partial charge in [-0.25, -0.2) is 4.98 Å². The number of allylic oxidation sites excluding steroid dienone is 3. The summed E-state index contributed by atoms with van der Waals surface area (Å²) in [5.41, 5.74) is 5.65. The van der Waals surface area contributed by atoms with Crippen molar-refractivity contribution in [1.82, 2.24) is 4.98 Å². The predicted octanol–water partition coefficient (Wildman–Crippen LogP) is 5.96. The molecule has 6 heteroatoms. The second-order valence-electron chi connectivity index (χ2n) is 6.24. The molecule has 0 bridgehead atoms.